The molecule has 0 saturated heterocycles. The minimum absolute atomic E-state index is 0.00361. The maximum absolute atomic E-state index is 13.1. The first kappa shape index (κ1) is 23.7. The van der Waals surface area contributed by atoms with Gasteiger partial charge in [0.25, 0.3) is 5.69 Å². The van der Waals surface area contributed by atoms with Crippen molar-refractivity contribution in [2.45, 2.75) is 19.5 Å². The van der Waals surface area contributed by atoms with Gasteiger partial charge in [-0.15, -0.1) is 0 Å². The van der Waals surface area contributed by atoms with Crippen molar-refractivity contribution < 1.29 is 18.9 Å². The second kappa shape index (κ2) is 11.1. The van der Waals surface area contributed by atoms with Crippen LogP contribution in [0.1, 0.15) is 24.3 Å². The van der Waals surface area contributed by atoms with E-state index in [9.17, 15) is 19.7 Å². The van der Waals surface area contributed by atoms with Crippen LogP contribution in [-0.2, 0) is 16.1 Å². The molecule has 172 valence electrons. The molecule has 33 heavy (non-hydrogen) atoms. The average Bonchev–Trinajstić information content (AvgIpc) is 3.32. The Kier molecular flexibility index (Phi) is 7.93. The summed E-state index contributed by atoms with van der Waals surface area (Å²) in [4.78, 5) is 39.6. The molecule has 1 unspecified atom stereocenters. The highest BCUT2D eigenvalue weighted by Crippen LogP contribution is 2.23. The third kappa shape index (κ3) is 6.75. The summed E-state index contributed by atoms with van der Waals surface area (Å²) < 4.78 is 5.37. The lowest BCUT2D eigenvalue weighted by atomic mass is 10.1. The number of para-hydroxylation sites is 1. The number of nitrogens with zero attached hydrogens (tertiary/aromatic N) is 3. The average molecular weight is 450 g/mol. The third-order valence-corrected chi connectivity index (χ3v) is 5.28. The summed E-state index contributed by atoms with van der Waals surface area (Å²) in [6, 6.07) is 18.6. The van der Waals surface area contributed by atoms with Gasteiger partial charge in [-0.05, 0) is 43.8 Å². The number of amides is 2. The molecule has 1 atom stereocenters. The Bertz CT molecular complexity index is 1090. The number of hydrogen-bond donors (Lipinski definition) is 1. The van der Waals surface area contributed by atoms with E-state index in [4.69, 9.17) is 4.42 Å². The van der Waals surface area contributed by atoms with Crippen LogP contribution in [0.2, 0.25) is 0 Å². The fraction of sp³-hybridized carbons (Fsp3) is 0.250. The summed E-state index contributed by atoms with van der Waals surface area (Å²) in [5.41, 5.74) is 1.36. The van der Waals surface area contributed by atoms with Crippen molar-refractivity contribution in [3.63, 3.8) is 0 Å². The van der Waals surface area contributed by atoms with E-state index in [1.54, 1.807) is 48.3 Å². The maximum Gasteiger partial charge on any atom is 0.269 e. The van der Waals surface area contributed by atoms with Crippen LogP contribution in [-0.4, -0.2) is 46.7 Å². The zero-order chi connectivity index (χ0) is 23.8. The largest absolute Gasteiger partial charge is 0.467 e. The zero-order valence-electron chi connectivity index (χ0n) is 18.5. The van der Waals surface area contributed by atoms with Crippen molar-refractivity contribution in [3.8, 4) is 0 Å². The fourth-order valence-electron chi connectivity index (χ4n) is 3.32. The number of hydrogen-bond acceptors (Lipinski definition) is 6. The van der Waals surface area contributed by atoms with Gasteiger partial charge in [0.1, 0.15) is 12.3 Å². The van der Waals surface area contributed by atoms with Crippen molar-refractivity contribution in [3.05, 3.63) is 94.4 Å². The van der Waals surface area contributed by atoms with Crippen LogP contribution in [0.15, 0.2) is 77.4 Å². The van der Waals surface area contributed by atoms with Crippen LogP contribution in [0.5, 0.6) is 0 Å². The Morgan fingerprint density at radius 1 is 1.06 bits per heavy atom. The number of rotatable bonds is 10. The number of carbonyl (C=O) groups is 2. The molecule has 1 heterocycles. The number of furan rings is 1. The van der Waals surface area contributed by atoms with Crippen LogP contribution < -0.4 is 5.32 Å². The highest BCUT2D eigenvalue weighted by atomic mass is 16.6. The lowest BCUT2D eigenvalue weighted by molar-refractivity contribution is -0.384. The first-order valence-corrected chi connectivity index (χ1v) is 10.4. The SMILES string of the molecule is CC(c1cccc([N+](=O)[O-])c1)N(C)CC(=O)N(CC(=O)Nc1ccccc1)Cc1ccco1. The highest BCUT2D eigenvalue weighted by Gasteiger charge is 2.23. The molecule has 1 N–H and O–H groups in total. The molecule has 0 saturated carbocycles. The predicted octanol–water partition coefficient (Wildman–Crippen LogP) is 3.85. The lowest BCUT2D eigenvalue weighted by Gasteiger charge is -2.28. The number of carbonyl (C=O) groups excluding carboxylic acids is 2. The van der Waals surface area contributed by atoms with Gasteiger partial charge >= 0.3 is 0 Å². The predicted molar refractivity (Wildman–Crippen MR) is 123 cm³/mol. The number of nitro benzene ring substituents is 1. The Balaban J connectivity index is 1.68. The van der Waals surface area contributed by atoms with E-state index in [-0.39, 0.29) is 43.2 Å². The van der Waals surface area contributed by atoms with Gasteiger partial charge in [-0.3, -0.25) is 24.6 Å². The molecule has 2 aromatic carbocycles. The van der Waals surface area contributed by atoms with Crippen LogP contribution >= 0.6 is 0 Å². The fourth-order valence-corrected chi connectivity index (χ4v) is 3.32. The van der Waals surface area contributed by atoms with Gasteiger partial charge in [-0.1, -0.05) is 30.3 Å². The van der Waals surface area contributed by atoms with E-state index in [0.717, 1.165) is 5.56 Å². The Morgan fingerprint density at radius 3 is 2.48 bits per heavy atom. The summed E-state index contributed by atoms with van der Waals surface area (Å²) in [5, 5.41) is 13.9. The highest BCUT2D eigenvalue weighted by molar-refractivity contribution is 5.94. The number of non-ortho nitro benzene ring substituents is 1. The standard InChI is InChI=1S/C24H26N4O5/c1-18(19-8-6-11-21(14-19)28(31)32)26(2)17-24(30)27(15-22-12-7-13-33-22)16-23(29)25-20-9-4-3-5-10-20/h3-14,18H,15-17H2,1-2H3,(H,25,29). The van der Waals surface area contributed by atoms with Crippen molar-refractivity contribution in [2.75, 3.05) is 25.5 Å². The molecule has 2 amide bonds. The summed E-state index contributed by atoms with van der Waals surface area (Å²) in [7, 11) is 1.76. The molecule has 3 rings (SSSR count). The van der Waals surface area contributed by atoms with Gasteiger partial charge in [0, 0.05) is 23.9 Å². The van der Waals surface area contributed by atoms with Crippen molar-refractivity contribution in [1.29, 1.82) is 0 Å². The monoisotopic (exact) mass is 450 g/mol. The second-order valence-electron chi connectivity index (χ2n) is 7.69. The number of likely N-dealkylation sites (N-methyl/N-ethyl adjacent to an activating group) is 1. The van der Waals surface area contributed by atoms with Gasteiger partial charge in [-0.2, -0.15) is 0 Å². The van der Waals surface area contributed by atoms with Crippen LogP contribution in [0.4, 0.5) is 11.4 Å². The summed E-state index contributed by atoms with van der Waals surface area (Å²) >= 11 is 0. The number of nitro groups is 1. The van der Waals surface area contributed by atoms with Crippen LogP contribution in [0, 0.1) is 10.1 Å². The number of nitrogens with one attached hydrogen (secondary N) is 1. The van der Waals surface area contributed by atoms with Gasteiger partial charge in [-0.25, -0.2) is 0 Å². The normalized spacial score (nSPS) is 11.7. The molecule has 0 bridgehead atoms. The van der Waals surface area contributed by atoms with Gasteiger partial charge < -0.3 is 14.6 Å². The van der Waals surface area contributed by atoms with E-state index in [1.165, 1.54) is 23.3 Å². The van der Waals surface area contributed by atoms with E-state index in [2.05, 4.69) is 5.32 Å². The second-order valence-corrected chi connectivity index (χ2v) is 7.69. The van der Waals surface area contributed by atoms with Crippen LogP contribution in [0.3, 0.4) is 0 Å². The molecule has 1 aromatic heterocycles. The van der Waals surface area contributed by atoms with Crippen molar-refractivity contribution in [1.82, 2.24) is 9.80 Å². The quantitative estimate of drug-likeness (QED) is 0.371. The smallest absolute Gasteiger partial charge is 0.269 e. The molecule has 0 radical (unpaired) electrons. The topological polar surface area (TPSA) is 109 Å². The summed E-state index contributed by atoms with van der Waals surface area (Å²) in [6.45, 7) is 1.88. The summed E-state index contributed by atoms with van der Waals surface area (Å²) in [5.74, 6) is -0.0323. The Hall–Kier alpha value is -3.98. The molecule has 0 fully saturated rings. The van der Waals surface area contributed by atoms with Crippen molar-refractivity contribution >= 4 is 23.2 Å². The Labute approximate surface area is 191 Å². The molecule has 9 nitrogen and oxygen atoms in total. The molecule has 3 aromatic rings. The minimum Gasteiger partial charge on any atom is -0.467 e. The lowest BCUT2D eigenvalue weighted by Crippen LogP contribution is -2.43. The van der Waals surface area contributed by atoms with Gasteiger partial charge in [0.2, 0.25) is 11.8 Å². The molecule has 0 spiro atoms. The van der Waals surface area contributed by atoms with E-state index < -0.39 is 4.92 Å². The third-order valence-electron chi connectivity index (χ3n) is 5.28. The molecular weight excluding hydrogens is 424 g/mol. The molecule has 0 aliphatic carbocycles. The molecule has 0 aliphatic heterocycles. The van der Waals surface area contributed by atoms with E-state index in [1.807, 2.05) is 25.1 Å². The minimum atomic E-state index is -0.447. The van der Waals surface area contributed by atoms with Crippen molar-refractivity contribution in [2.24, 2.45) is 0 Å². The first-order chi connectivity index (χ1) is 15.8. The van der Waals surface area contributed by atoms with Gasteiger partial charge in [0.05, 0.1) is 24.3 Å². The molecule has 0 aliphatic rings. The Morgan fingerprint density at radius 2 is 1.82 bits per heavy atom. The first-order valence-electron chi connectivity index (χ1n) is 10.4. The number of anilines is 1. The summed E-state index contributed by atoms with van der Waals surface area (Å²) in [6.07, 6.45) is 1.51. The van der Waals surface area contributed by atoms with E-state index >= 15 is 0 Å². The zero-order valence-corrected chi connectivity index (χ0v) is 18.5. The molecular formula is C24H26N4O5. The number of benzene rings is 2. The molecule has 9 heteroatoms. The van der Waals surface area contributed by atoms with Gasteiger partial charge in [0.15, 0.2) is 0 Å². The van der Waals surface area contributed by atoms with E-state index in [0.29, 0.717) is 11.4 Å². The maximum atomic E-state index is 13.1. The van der Waals surface area contributed by atoms with Crippen LogP contribution in [0.25, 0.3) is 0 Å².